The van der Waals surface area contributed by atoms with Crippen molar-refractivity contribution in [2.24, 2.45) is 0 Å². The zero-order chi connectivity index (χ0) is 16.5. The van der Waals surface area contributed by atoms with Crippen molar-refractivity contribution in [2.45, 2.75) is 32.7 Å². The number of nitrogens with zero attached hydrogens (tertiary/aromatic N) is 1. The van der Waals surface area contributed by atoms with Crippen LogP contribution in [0, 0.1) is 0 Å². The summed E-state index contributed by atoms with van der Waals surface area (Å²) in [5, 5.41) is 2.79. The van der Waals surface area contributed by atoms with Gasteiger partial charge in [-0.05, 0) is 61.6 Å². The fraction of sp³-hybridized carbons (Fsp3) is 0.217. The number of fused-ring (bicyclic) bond motifs is 7. The van der Waals surface area contributed by atoms with Gasteiger partial charge in [-0.2, -0.15) is 0 Å². The molecule has 0 amide bonds. The maximum absolute atomic E-state index is 2.50. The lowest BCUT2D eigenvalue weighted by Crippen LogP contribution is -2.21. The maximum Gasteiger partial charge on any atom is 0.0502 e. The number of hydrogen-bond acceptors (Lipinski definition) is 0. The summed E-state index contributed by atoms with van der Waals surface area (Å²) in [6.45, 7) is 6.88. The van der Waals surface area contributed by atoms with Crippen LogP contribution in [-0.4, -0.2) is 4.57 Å². The average molecular weight is 311 g/mol. The first-order chi connectivity index (χ1) is 11.6. The molecule has 1 aliphatic carbocycles. The summed E-state index contributed by atoms with van der Waals surface area (Å²) in [6.07, 6.45) is 1.05. The molecule has 1 aromatic heterocycles. The van der Waals surface area contributed by atoms with Gasteiger partial charge in [0.2, 0.25) is 0 Å². The first kappa shape index (κ1) is 13.9. The molecule has 24 heavy (non-hydrogen) atoms. The van der Waals surface area contributed by atoms with E-state index < -0.39 is 0 Å². The predicted octanol–water partition coefficient (Wildman–Crippen LogP) is 6.12. The highest BCUT2D eigenvalue weighted by Gasteiger charge is 2.26. The Balaban J connectivity index is 2.03. The van der Waals surface area contributed by atoms with Crippen LogP contribution in [0.2, 0.25) is 0 Å². The van der Waals surface area contributed by atoms with Crippen LogP contribution < -0.4 is 0 Å². The molecule has 4 aromatic rings. The Hall–Kier alpha value is -2.54. The van der Waals surface area contributed by atoms with E-state index >= 15 is 0 Å². The molecule has 118 valence electrons. The SMILES string of the molecule is CC(C)(C)n1c2ccccc2c2c3c(ccc21)Cc1ccccc1-3. The summed E-state index contributed by atoms with van der Waals surface area (Å²) >= 11 is 0. The van der Waals surface area contributed by atoms with E-state index in [1.165, 1.54) is 44.1 Å². The standard InChI is InChI=1S/C23H21N/c1-23(2,3)24-19-11-7-6-10-18(19)22-20(24)13-12-16-14-15-8-4-5-9-17(15)21(16)22/h4-13H,14H2,1-3H3. The first-order valence-corrected chi connectivity index (χ1v) is 8.69. The van der Waals surface area contributed by atoms with Crippen molar-refractivity contribution in [3.05, 3.63) is 71.8 Å². The van der Waals surface area contributed by atoms with Gasteiger partial charge in [0.1, 0.15) is 0 Å². The lowest BCUT2D eigenvalue weighted by Gasteiger charge is -2.24. The third-order valence-electron chi connectivity index (χ3n) is 5.26. The Morgan fingerprint density at radius 1 is 0.750 bits per heavy atom. The summed E-state index contributed by atoms with van der Waals surface area (Å²) in [5.41, 5.74) is 8.50. The van der Waals surface area contributed by atoms with Crippen LogP contribution >= 0.6 is 0 Å². The van der Waals surface area contributed by atoms with Crippen molar-refractivity contribution >= 4 is 21.8 Å². The van der Waals surface area contributed by atoms with Gasteiger partial charge in [-0.1, -0.05) is 48.5 Å². The summed E-state index contributed by atoms with van der Waals surface area (Å²) < 4.78 is 2.50. The molecule has 0 radical (unpaired) electrons. The van der Waals surface area contributed by atoms with Crippen LogP contribution in [-0.2, 0) is 12.0 Å². The fourth-order valence-electron chi connectivity index (χ4n) is 4.40. The zero-order valence-electron chi connectivity index (χ0n) is 14.4. The van der Waals surface area contributed by atoms with E-state index in [0.717, 1.165) is 6.42 Å². The van der Waals surface area contributed by atoms with Gasteiger partial charge in [0.25, 0.3) is 0 Å². The predicted molar refractivity (Wildman–Crippen MR) is 103 cm³/mol. The van der Waals surface area contributed by atoms with E-state index in [2.05, 4.69) is 86.0 Å². The van der Waals surface area contributed by atoms with E-state index in [4.69, 9.17) is 0 Å². The lowest BCUT2D eigenvalue weighted by molar-refractivity contribution is 0.423. The van der Waals surface area contributed by atoms with Crippen LogP contribution in [0.4, 0.5) is 0 Å². The zero-order valence-corrected chi connectivity index (χ0v) is 14.4. The minimum absolute atomic E-state index is 0.0493. The Kier molecular flexibility index (Phi) is 2.60. The van der Waals surface area contributed by atoms with Gasteiger partial charge in [0, 0.05) is 21.8 Å². The molecule has 1 nitrogen and oxygen atoms in total. The van der Waals surface area contributed by atoms with Crippen molar-refractivity contribution in [3.63, 3.8) is 0 Å². The smallest absolute Gasteiger partial charge is 0.0502 e. The molecule has 0 bridgehead atoms. The Morgan fingerprint density at radius 2 is 1.50 bits per heavy atom. The van der Waals surface area contributed by atoms with Gasteiger partial charge in [0.05, 0.1) is 5.52 Å². The second-order valence-corrected chi connectivity index (χ2v) is 7.85. The highest BCUT2D eigenvalue weighted by Crippen LogP contribution is 2.45. The molecule has 1 heteroatoms. The summed E-state index contributed by atoms with van der Waals surface area (Å²) in [6, 6.07) is 22.4. The van der Waals surface area contributed by atoms with Crippen LogP contribution in [0.25, 0.3) is 32.9 Å². The second kappa shape index (κ2) is 4.51. The van der Waals surface area contributed by atoms with E-state index in [1.54, 1.807) is 0 Å². The summed E-state index contributed by atoms with van der Waals surface area (Å²) in [5.74, 6) is 0. The molecule has 0 saturated carbocycles. The van der Waals surface area contributed by atoms with Gasteiger partial charge in [-0.3, -0.25) is 0 Å². The highest BCUT2D eigenvalue weighted by atomic mass is 15.0. The van der Waals surface area contributed by atoms with E-state index in [0.29, 0.717) is 0 Å². The Bertz CT molecular complexity index is 1110. The average Bonchev–Trinajstić information content (AvgIpc) is 3.09. The monoisotopic (exact) mass is 311 g/mol. The highest BCUT2D eigenvalue weighted by molar-refractivity contribution is 6.16. The van der Waals surface area contributed by atoms with Crippen molar-refractivity contribution < 1.29 is 0 Å². The molecular formula is C23H21N. The van der Waals surface area contributed by atoms with Crippen LogP contribution in [0.3, 0.4) is 0 Å². The Labute approximate surface area is 142 Å². The molecule has 3 aromatic carbocycles. The van der Waals surface area contributed by atoms with Gasteiger partial charge in [-0.25, -0.2) is 0 Å². The normalized spacial score (nSPS) is 13.5. The van der Waals surface area contributed by atoms with Gasteiger partial charge < -0.3 is 4.57 Å². The third kappa shape index (κ3) is 1.70. The van der Waals surface area contributed by atoms with Gasteiger partial charge in [0.15, 0.2) is 0 Å². The van der Waals surface area contributed by atoms with E-state index in [1.807, 2.05) is 0 Å². The van der Waals surface area contributed by atoms with E-state index in [9.17, 15) is 0 Å². The molecule has 0 N–H and O–H groups in total. The maximum atomic E-state index is 2.50. The third-order valence-corrected chi connectivity index (χ3v) is 5.26. The molecule has 0 atom stereocenters. The number of aromatic nitrogens is 1. The number of benzene rings is 3. The molecule has 0 aliphatic heterocycles. The molecule has 1 aliphatic rings. The number of rotatable bonds is 0. The van der Waals surface area contributed by atoms with Crippen LogP contribution in [0.1, 0.15) is 31.9 Å². The minimum atomic E-state index is 0.0493. The van der Waals surface area contributed by atoms with Crippen molar-refractivity contribution in [3.8, 4) is 11.1 Å². The first-order valence-electron chi connectivity index (χ1n) is 8.69. The van der Waals surface area contributed by atoms with Crippen LogP contribution in [0.5, 0.6) is 0 Å². The Morgan fingerprint density at radius 3 is 2.33 bits per heavy atom. The van der Waals surface area contributed by atoms with Crippen molar-refractivity contribution in [1.29, 1.82) is 0 Å². The molecule has 1 heterocycles. The summed E-state index contributed by atoms with van der Waals surface area (Å²) in [7, 11) is 0. The largest absolute Gasteiger partial charge is 0.335 e. The van der Waals surface area contributed by atoms with E-state index in [-0.39, 0.29) is 5.54 Å². The summed E-state index contributed by atoms with van der Waals surface area (Å²) in [4.78, 5) is 0. The molecular weight excluding hydrogens is 290 g/mol. The molecule has 5 rings (SSSR count). The van der Waals surface area contributed by atoms with Gasteiger partial charge >= 0.3 is 0 Å². The van der Waals surface area contributed by atoms with Crippen molar-refractivity contribution in [1.82, 2.24) is 4.57 Å². The molecule has 0 fully saturated rings. The number of para-hydroxylation sites is 1. The quantitative estimate of drug-likeness (QED) is 0.324. The fourth-order valence-corrected chi connectivity index (χ4v) is 4.40. The number of hydrogen-bond donors (Lipinski definition) is 0. The molecule has 0 unspecified atom stereocenters. The topological polar surface area (TPSA) is 4.93 Å². The lowest BCUT2D eigenvalue weighted by atomic mass is 9.99. The molecule has 0 spiro atoms. The van der Waals surface area contributed by atoms with Crippen molar-refractivity contribution in [2.75, 3.05) is 0 Å². The molecule has 0 saturated heterocycles. The van der Waals surface area contributed by atoms with Gasteiger partial charge in [-0.15, -0.1) is 0 Å². The van der Waals surface area contributed by atoms with Crippen LogP contribution in [0.15, 0.2) is 60.7 Å². The second-order valence-electron chi connectivity index (χ2n) is 7.85. The minimum Gasteiger partial charge on any atom is -0.335 e.